The van der Waals surface area contributed by atoms with E-state index in [0.717, 1.165) is 0 Å². The van der Waals surface area contributed by atoms with Crippen molar-refractivity contribution in [3.05, 3.63) is 0 Å². The van der Waals surface area contributed by atoms with E-state index < -0.39 is 18.1 Å². The van der Waals surface area contributed by atoms with Crippen molar-refractivity contribution in [1.82, 2.24) is 10.6 Å². The quantitative estimate of drug-likeness (QED) is 0.312. The zero-order valence-corrected chi connectivity index (χ0v) is 6.51. The molecule has 0 heterocycles. The molecular formula is C5H10N4O3. The highest BCUT2D eigenvalue weighted by molar-refractivity contribution is 6.00. The number of alkyl carbamates (subject to hydrolysis) is 1. The summed E-state index contributed by atoms with van der Waals surface area (Å²) in [6, 6.07) is -0.920. The highest BCUT2D eigenvalue weighted by Crippen LogP contribution is 1.74. The normalized spacial score (nSPS) is 8.42. The molecule has 0 aromatic heterocycles. The Labute approximate surface area is 68.8 Å². The van der Waals surface area contributed by atoms with Gasteiger partial charge in [-0.05, 0) is 6.92 Å². The van der Waals surface area contributed by atoms with Crippen molar-refractivity contribution in [3.8, 4) is 0 Å². The van der Waals surface area contributed by atoms with Gasteiger partial charge in [0.25, 0.3) is 0 Å². The molecule has 0 unspecified atom stereocenters. The van der Waals surface area contributed by atoms with E-state index in [-0.39, 0.29) is 6.61 Å². The topological polar surface area (TPSA) is 117 Å². The van der Waals surface area contributed by atoms with Gasteiger partial charge < -0.3 is 10.5 Å². The Morgan fingerprint density at radius 1 is 1.50 bits per heavy atom. The van der Waals surface area contributed by atoms with Crippen LogP contribution in [0.1, 0.15) is 6.92 Å². The van der Waals surface area contributed by atoms with Gasteiger partial charge in [-0.25, -0.2) is 9.59 Å². The lowest BCUT2D eigenvalue weighted by molar-refractivity contribution is 0.157. The van der Waals surface area contributed by atoms with Crippen LogP contribution in [0.25, 0.3) is 0 Å². The third kappa shape index (κ3) is 5.03. The second kappa shape index (κ2) is 4.94. The third-order valence-electron chi connectivity index (χ3n) is 0.751. The predicted octanol–water partition coefficient (Wildman–Crippen LogP) is -0.664. The van der Waals surface area contributed by atoms with Crippen LogP contribution >= 0.6 is 0 Å². The fourth-order valence-corrected chi connectivity index (χ4v) is 0.424. The molecule has 5 N–H and O–H groups in total. The molecule has 7 heteroatoms. The smallest absolute Gasteiger partial charge is 0.413 e. The van der Waals surface area contributed by atoms with Crippen molar-refractivity contribution in [3.63, 3.8) is 0 Å². The van der Waals surface area contributed by atoms with Gasteiger partial charge in [0.2, 0.25) is 5.96 Å². The summed E-state index contributed by atoms with van der Waals surface area (Å²) in [5, 5.41) is 10.7. The van der Waals surface area contributed by atoms with Crippen molar-refractivity contribution in [2.75, 3.05) is 6.61 Å². The molecule has 12 heavy (non-hydrogen) atoms. The molecule has 7 nitrogen and oxygen atoms in total. The van der Waals surface area contributed by atoms with Crippen molar-refractivity contribution >= 4 is 18.1 Å². The summed E-state index contributed by atoms with van der Waals surface area (Å²) in [6.07, 6.45) is -0.809. The highest BCUT2D eigenvalue weighted by atomic mass is 16.5. The van der Waals surface area contributed by atoms with E-state index in [1.54, 1.807) is 6.92 Å². The maximum absolute atomic E-state index is 10.6. The molecule has 3 amide bonds. The molecule has 0 aliphatic rings. The van der Waals surface area contributed by atoms with Gasteiger partial charge in [0.1, 0.15) is 0 Å². The van der Waals surface area contributed by atoms with E-state index >= 15 is 0 Å². The van der Waals surface area contributed by atoms with Gasteiger partial charge in [-0.3, -0.25) is 16.0 Å². The SMILES string of the molecule is CCOC(=O)NC(=N)NC(N)=O. The first-order valence-corrected chi connectivity index (χ1v) is 3.15. The number of nitrogens with one attached hydrogen (secondary N) is 3. The molecule has 0 saturated heterocycles. The number of rotatable bonds is 1. The lowest BCUT2D eigenvalue weighted by atomic mass is 10.8. The van der Waals surface area contributed by atoms with Gasteiger partial charge >= 0.3 is 12.1 Å². The monoisotopic (exact) mass is 174 g/mol. The number of nitrogens with two attached hydrogens (primary N) is 1. The summed E-state index contributed by atoms with van der Waals surface area (Å²) < 4.78 is 4.41. The number of ether oxygens (including phenoxy) is 1. The second-order valence-electron chi connectivity index (χ2n) is 1.71. The predicted molar refractivity (Wildman–Crippen MR) is 40.6 cm³/mol. The lowest BCUT2D eigenvalue weighted by Crippen LogP contribution is -2.45. The minimum Gasteiger partial charge on any atom is -0.450 e. The summed E-state index contributed by atoms with van der Waals surface area (Å²) >= 11 is 0. The number of carbonyl (C=O) groups excluding carboxylic acids is 2. The van der Waals surface area contributed by atoms with Gasteiger partial charge in [0.15, 0.2) is 0 Å². The molecule has 0 rings (SSSR count). The van der Waals surface area contributed by atoms with E-state index in [0.29, 0.717) is 0 Å². The molecule has 0 fully saturated rings. The number of amides is 3. The van der Waals surface area contributed by atoms with Gasteiger partial charge in [0.05, 0.1) is 6.61 Å². The van der Waals surface area contributed by atoms with E-state index in [9.17, 15) is 9.59 Å². The molecule has 0 aromatic rings. The lowest BCUT2D eigenvalue weighted by Gasteiger charge is -2.05. The van der Waals surface area contributed by atoms with E-state index in [1.807, 2.05) is 10.6 Å². The van der Waals surface area contributed by atoms with Gasteiger partial charge in [0, 0.05) is 0 Å². The molecule has 0 aliphatic carbocycles. The average Bonchev–Trinajstić information content (AvgIpc) is 1.84. The standard InChI is InChI=1S/C5H10N4O3/c1-2-12-5(11)9-3(6)8-4(7)10/h2H2,1H3,(H5,6,7,8,9,10,11). The maximum atomic E-state index is 10.6. The van der Waals surface area contributed by atoms with Gasteiger partial charge in [-0.15, -0.1) is 0 Å². The second-order valence-corrected chi connectivity index (χ2v) is 1.71. The molecule has 0 aromatic carbocycles. The van der Waals surface area contributed by atoms with Crippen LogP contribution in [0.2, 0.25) is 0 Å². The van der Waals surface area contributed by atoms with Crippen LogP contribution in [0.4, 0.5) is 9.59 Å². The molecule has 0 bridgehead atoms. The number of primary amides is 1. The number of urea groups is 1. The summed E-state index contributed by atoms with van der Waals surface area (Å²) in [4.78, 5) is 20.7. The van der Waals surface area contributed by atoms with Gasteiger partial charge in [-0.2, -0.15) is 0 Å². The zero-order chi connectivity index (χ0) is 9.56. The van der Waals surface area contributed by atoms with Crippen molar-refractivity contribution in [2.45, 2.75) is 6.92 Å². The van der Waals surface area contributed by atoms with Crippen LogP contribution in [0.15, 0.2) is 0 Å². The maximum Gasteiger partial charge on any atom is 0.413 e. The Hall–Kier alpha value is -1.79. The number of guanidine groups is 1. The van der Waals surface area contributed by atoms with E-state index in [4.69, 9.17) is 5.41 Å². The minimum atomic E-state index is -0.920. The Morgan fingerprint density at radius 2 is 2.08 bits per heavy atom. The summed E-state index contributed by atoms with van der Waals surface area (Å²) in [5.41, 5.74) is 4.66. The number of hydrogen-bond donors (Lipinski definition) is 4. The van der Waals surface area contributed by atoms with Crippen molar-refractivity contribution in [2.24, 2.45) is 5.73 Å². The van der Waals surface area contributed by atoms with Crippen molar-refractivity contribution in [1.29, 1.82) is 5.41 Å². The molecular weight excluding hydrogens is 164 g/mol. The minimum absolute atomic E-state index is 0.190. The molecule has 0 spiro atoms. The summed E-state index contributed by atoms with van der Waals surface area (Å²) in [7, 11) is 0. The average molecular weight is 174 g/mol. The first-order valence-electron chi connectivity index (χ1n) is 3.15. The number of carbonyl (C=O) groups is 2. The van der Waals surface area contributed by atoms with Crippen LogP contribution in [0.5, 0.6) is 0 Å². The van der Waals surface area contributed by atoms with Crippen LogP contribution in [-0.4, -0.2) is 24.7 Å². The Morgan fingerprint density at radius 3 is 2.50 bits per heavy atom. The van der Waals surface area contributed by atoms with Crippen LogP contribution in [0, 0.1) is 5.41 Å². The highest BCUT2D eigenvalue weighted by Gasteiger charge is 2.04. The third-order valence-corrected chi connectivity index (χ3v) is 0.751. The summed E-state index contributed by atoms with van der Waals surface area (Å²) in [6.45, 7) is 1.81. The fourth-order valence-electron chi connectivity index (χ4n) is 0.424. The van der Waals surface area contributed by atoms with E-state index in [2.05, 4.69) is 10.5 Å². The molecule has 0 radical (unpaired) electrons. The van der Waals surface area contributed by atoms with Crippen LogP contribution in [0.3, 0.4) is 0 Å². The molecule has 0 aliphatic heterocycles. The Kier molecular flexibility index (Phi) is 4.20. The van der Waals surface area contributed by atoms with Crippen molar-refractivity contribution < 1.29 is 14.3 Å². The molecule has 68 valence electrons. The summed E-state index contributed by atoms with van der Waals surface area (Å²) in [5.74, 6) is -0.513. The Bertz CT molecular complexity index is 203. The Balaban J connectivity index is 3.69. The number of hydrogen-bond acceptors (Lipinski definition) is 4. The first-order chi connectivity index (χ1) is 5.56. The van der Waals surface area contributed by atoms with E-state index in [1.165, 1.54) is 0 Å². The van der Waals surface area contributed by atoms with Crippen LogP contribution < -0.4 is 16.4 Å². The van der Waals surface area contributed by atoms with Gasteiger partial charge in [-0.1, -0.05) is 0 Å². The van der Waals surface area contributed by atoms with Crippen LogP contribution in [-0.2, 0) is 4.74 Å². The molecule has 0 atom stereocenters. The fraction of sp³-hybridized carbons (Fsp3) is 0.400. The zero-order valence-electron chi connectivity index (χ0n) is 6.51. The largest absolute Gasteiger partial charge is 0.450 e. The first kappa shape index (κ1) is 10.2. The molecule has 0 saturated carbocycles.